The third-order valence-electron chi connectivity index (χ3n) is 13.4. The maximum atomic E-state index is 15.5. The monoisotopic (exact) mass is 775 g/mol. The van der Waals surface area contributed by atoms with Crippen LogP contribution in [0.3, 0.4) is 0 Å². The number of amides is 2. The molecule has 4 saturated heterocycles. The van der Waals surface area contributed by atoms with Gasteiger partial charge in [-0.2, -0.15) is 5.06 Å². The number of aliphatic hydroxyl groups is 1. The van der Waals surface area contributed by atoms with E-state index in [1.807, 2.05) is 54.6 Å². The first kappa shape index (κ1) is 36.9. The van der Waals surface area contributed by atoms with Crippen LogP contribution in [0, 0.1) is 11.3 Å². The SMILES string of the molecule is CN(C(=O)[C@@]12C[C@H]3OC(=O)[C@@H]1N(Cc1cccc(C=CC4CCC5OC5C4)c1)O[C@@H]2[C@H]1OC2(Cc4ccccc4C2)O[C@H]13)[C@H](Cc1ccccc1)C(=O)NCCO. The standard InChI is InChI=1S/C45H49N3O9/c1-47(33(41(50)46-18-19-49)21-27-8-3-2-4-9-27)43(52)45-25-36-37-38(56-44(55-37)23-31-12-5-6-13-32(31)24-44)40(45)57-48(39(45)42(51)54-36)26-30-11-7-10-28(20-30)14-15-29-16-17-34-35(22-29)53-34/h2-15,20,29,33-40,49H,16-19,21-26H2,1H3,(H,46,50)/t29?,33-,34?,35?,36-,37+,38+,39+,40-,45+/m1/s1. The molecule has 2 saturated carbocycles. The summed E-state index contributed by atoms with van der Waals surface area (Å²) in [6.45, 7) is 0.00446. The van der Waals surface area contributed by atoms with Crippen LogP contribution in [0.2, 0.25) is 0 Å². The van der Waals surface area contributed by atoms with Crippen LogP contribution >= 0.6 is 0 Å². The molecule has 10 atom stereocenters. The molecule has 4 aliphatic heterocycles. The zero-order chi connectivity index (χ0) is 38.9. The van der Waals surface area contributed by atoms with E-state index in [4.69, 9.17) is 23.8 Å². The molecule has 2 N–H and O–H groups in total. The van der Waals surface area contributed by atoms with Crippen molar-refractivity contribution in [2.24, 2.45) is 11.3 Å². The average Bonchev–Trinajstić information content (AvgIpc) is 3.57. The van der Waals surface area contributed by atoms with Gasteiger partial charge in [0.1, 0.15) is 35.9 Å². The molecule has 57 heavy (non-hydrogen) atoms. The molecule has 12 heteroatoms. The molecule has 4 heterocycles. The number of hydrogen-bond donors (Lipinski definition) is 2. The molecule has 3 aromatic carbocycles. The van der Waals surface area contributed by atoms with E-state index in [2.05, 4.69) is 41.7 Å². The first-order valence-corrected chi connectivity index (χ1v) is 20.4. The van der Waals surface area contributed by atoms with Gasteiger partial charge in [-0.3, -0.25) is 19.2 Å². The molecule has 10 rings (SSSR count). The molecule has 298 valence electrons. The second-order valence-electron chi connectivity index (χ2n) is 16.9. The highest BCUT2D eigenvalue weighted by Gasteiger charge is 2.77. The zero-order valence-corrected chi connectivity index (χ0v) is 32.0. The predicted molar refractivity (Wildman–Crippen MR) is 206 cm³/mol. The Morgan fingerprint density at radius 3 is 2.47 bits per heavy atom. The molecule has 12 nitrogen and oxygen atoms in total. The number of epoxide rings is 1. The van der Waals surface area contributed by atoms with Crippen molar-refractivity contribution in [1.82, 2.24) is 15.3 Å². The van der Waals surface area contributed by atoms with Gasteiger partial charge in [0.2, 0.25) is 11.8 Å². The molecule has 3 aromatic rings. The number of hydroxylamine groups is 2. The number of carbonyl (C=O) groups is 3. The fraction of sp³-hybridized carbons (Fsp3) is 0.489. The Morgan fingerprint density at radius 1 is 0.947 bits per heavy atom. The van der Waals surface area contributed by atoms with Gasteiger partial charge in [0.05, 0.1) is 25.4 Å². The van der Waals surface area contributed by atoms with Crippen molar-refractivity contribution in [1.29, 1.82) is 0 Å². The van der Waals surface area contributed by atoms with E-state index >= 15 is 4.79 Å². The van der Waals surface area contributed by atoms with Crippen molar-refractivity contribution in [2.45, 2.75) is 106 Å². The third kappa shape index (κ3) is 6.51. The average molecular weight is 776 g/mol. The number of rotatable bonds is 11. The van der Waals surface area contributed by atoms with E-state index in [0.29, 0.717) is 31.0 Å². The van der Waals surface area contributed by atoms with Crippen molar-refractivity contribution >= 4 is 23.9 Å². The molecule has 2 bridgehead atoms. The number of likely N-dealkylation sites (N-methyl/N-ethyl adjacent to an activating group) is 1. The van der Waals surface area contributed by atoms with Crippen molar-refractivity contribution in [3.63, 3.8) is 0 Å². The van der Waals surface area contributed by atoms with Gasteiger partial charge in [-0.25, -0.2) is 0 Å². The Hall–Kier alpha value is -4.43. The van der Waals surface area contributed by atoms with Gasteiger partial charge in [0.25, 0.3) is 0 Å². The van der Waals surface area contributed by atoms with Gasteiger partial charge in [0.15, 0.2) is 11.8 Å². The summed E-state index contributed by atoms with van der Waals surface area (Å²) >= 11 is 0. The molecule has 0 radical (unpaired) electrons. The molecule has 3 aliphatic carbocycles. The number of carbonyl (C=O) groups excluding carboxylic acids is 3. The van der Waals surface area contributed by atoms with E-state index in [9.17, 15) is 14.7 Å². The number of ether oxygens (including phenoxy) is 4. The molecule has 2 amide bonds. The van der Waals surface area contributed by atoms with E-state index in [0.717, 1.165) is 47.1 Å². The van der Waals surface area contributed by atoms with Crippen molar-refractivity contribution < 1.29 is 43.3 Å². The summed E-state index contributed by atoms with van der Waals surface area (Å²) in [4.78, 5) is 52.1. The molecule has 3 unspecified atom stereocenters. The minimum absolute atomic E-state index is 0.0392. The van der Waals surface area contributed by atoms with Gasteiger partial charge >= 0.3 is 5.97 Å². The van der Waals surface area contributed by atoms with Crippen molar-refractivity contribution in [2.75, 3.05) is 20.2 Å². The molecule has 6 fully saturated rings. The van der Waals surface area contributed by atoms with E-state index in [1.165, 1.54) is 4.90 Å². The topological polar surface area (TPSA) is 139 Å². The lowest BCUT2D eigenvalue weighted by Gasteiger charge is -2.50. The van der Waals surface area contributed by atoms with Gasteiger partial charge in [-0.05, 0) is 53.0 Å². The lowest BCUT2D eigenvalue weighted by molar-refractivity contribution is -0.218. The number of fused-ring (bicyclic) bond motifs is 6. The van der Waals surface area contributed by atoms with Crippen LogP contribution in [0.4, 0.5) is 0 Å². The Balaban J connectivity index is 0.987. The summed E-state index contributed by atoms with van der Waals surface area (Å²) in [5.74, 6) is -1.88. The Labute approximate surface area is 332 Å². The summed E-state index contributed by atoms with van der Waals surface area (Å²) < 4.78 is 25.7. The first-order chi connectivity index (χ1) is 27.7. The van der Waals surface area contributed by atoms with Gasteiger partial charge in [-0.15, -0.1) is 0 Å². The van der Waals surface area contributed by atoms with Crippen LogP contribution in [-0.2, 0) is 64.0 Å². The van der Waals surface area contributed by atoms with Crippen LogP contribution < -0.4 is 5.32 Å². The van der Waals surface area contributed by atoms with Crippen molar-refractivity contribution in [3.05, 3.63) is 113 Å². The molecule has 0 aromatic heterocycles. The van der Waals surface area contributed by atoms with Crippen LogP contribution in [0.1, 0.15) is 53.5 Å². The molecule has 7 aliphatic rings. The van der Waals surface area contributed by atoms with Crippen LogP contribution in [-0.4, -0.2) is 108 Å². The minimum atomic E-state index is -1.45. The number of nitrogens with zero attached hydrogens (tertiary/aromatic N) is 2. The highest BCUT2D eigenvalue weighted by Crippen LogP contribution is 2.59. The maximum Gasteiger partial charge on any atom is 0.327 e. The molecular formula is C45H49N3O9. The van der Waals surface area contributed by atoms with Crippen molar-refractivity contribution in [3.8, 4) is 0 Å². The second kappa shape index (κ2) is 14.4. The van der Waals surface area contributed by atoms with Gasteiger partial charge in [0, 0.05) is 39.3 Å². The number of hydrogen-bond acceptors (Lipinski definition) is 10. The Bertz CT molecular complexity index is 2050. The van der Waals surface area contributed by atoms with E-state index < -0.39 is 65.5 Å². The normalized spacial score (nSPS) is 33.3. The van der Waals surface area contributed by atoms with Gasteiger partial charge < -0.3 is 34.3 Å². The largest absolute Gasteiger partial charge is 0.458 e. The second-order valence-corrected chi connectivity index (χ2v) is 16.9. The lowest BCUT2D eigenvalue weighted by atomic mass is 9.62. The summed E-state index contributed by atoms with van der Waals surface area (Å²) in [6, 6.07) is 23.7. The maximum absolute atomic E-state index is 15.5. The van der Waals surface area contributed by atoms with Crippen LogP contribution in [0.5, 0.6) is 0 Å². The lowest BCUT2D eigenvalue weighted by Crippen LogP contribution is -2.70. The Morgan fingerprint density at radius 2 is 1.70 bits per heavy atom. The first-order valence-electron chi connectivity index (χ1n) is 20.4. The van der Waals surface area contributed by atoms with Gasteiger partial charge in [-0.1, -0.05) is 91.0 Å². The number of nitrogens with one attached hydrogen (secondary N) is 1. The van der Waals surface area contributed by atoms with E-state index in [-0.39, 0.29) is 32.5 Å². The number of allylic oxidation sites excluding steroid dienone is 1. The zero-order valence-electron chi connectivity index (χ0n) is 32.0. The summed E-state index contributed by atoms with van der Waals surface area (Å²) in [6.07, 6.45) is 6.92. The highest BCUT2D eigenvalue weighted by atomic mass is 16.8. The van der Waals surface area contributed by atoms with E-state index in [1.54, 1.807) is 12.1 Å². The predicted octanol–water partition coefficient (Wildman–Crippen LogP) is 3.52. The quantitative estimate of drug-likeness (QED) is 0.220. The fourth-order valence-electron chi connectivity index (χ4n) is 10.6. The Kier molecular flexibility index (Phi) is 9.34. The summed E-state index contributed by atoms with van der Waals surface area (Å²) in [5.41, 5.74) is 3.62. The minimum Gasteiger partial charge on any atom is -0.458 e. The smallest absolute Gasteiger partial charge is 0.327 e. The molecular weight excluding hydrogens is 727 g/mol. The molecule has 1 spiro atoms. The summed E-state index contributed by atoms with van der Waals surface area (Å²) in [7, 11) is 1.62. The number of benzene rings is 3. The van der Waals surface area contributed by atoms with Crippen LogP contribution in [0.15, 0.2) is 84.9 Å². The number of esters is 1. The summed E-state index contributed by atoms with van der Waals surface area (Å²) in [5, 5.41) is 14.0. The fourth-order valence-corrected chi connectivity index (χ4v) is 10.6. The van der Waals surface area contributed by atoms with Crippen LogP contribution in [0.25, 0.3) is 6.08 Å². The number of aliphatic hydroxyl groups excluding tert-OH is 1. The highest BCUT2D eigenvalue weighted by molar-refractivity contribution is 5.96. The third-order valence-corrected chi connectivity index (χ3v) is 13.4.